The van der Waals surface area contributed by atoms with Gasteiger partial charge in [0.05, 0.1) is 22.8 Å². The van der Waals surface area contributed by atoms with E-state index in [4.69, 9.17) is 4.42 Å². The smallest absolute Gasteiger partial charge is 0.407 e. The molecule has 1 saturated heterocycles. The molecule has 3 rings (SSSR count). The molecule has 0 saturated carbocycles. The van der Waals surface area contributed by atoms with Crippen molar-refractivity contribution in [3.8, 4) is 0 Å². The van der Waals surface area contributed by atoms with Gasteiger partial charge in [0.1, 0.15) is 0 Å². The maximum atomic E-state index is 12.7. The van der Waals surface area contributed by atoms with E-state index >= 15 is 0 Å². The molecule has 30 heavy (non-hydrogen) atoms. The van der Waals surface area contributed by atoms with E-state index in [0.29, 0.717) is 18.5 Å². The molecule has 1 aromatic heterocycles. The van der Waals surface area contributed by atoms with Crippen LogP contribution >= 0.6 is 0 Å². The lowest BCUT2D eigenvalue weighted by molar-refractivity contribution is -0.384. The van der Waals surface area contributed by atoms with Crippen molar-refractivity contribution in [3.05, 3.63) is 38.9 Å². The van der Waals surface area contributed by atoms with Crippen LogP contribution in [0.25, 0.3) is 11.1 Å². The Morgan fingerprint density at radius 1 is 1.37 bits per heavy atom. The molecule has 0 aliphatic carbocycles. The maximum absolute atomic E-state index is 12.7. The van der Waals surface area contributed by atoms with E-state index in [1.165, 1.54) is 22.8 Å². The van der Waals surface area contributed by atoms with E-state index in [9.17, 15) is 28.1 Å². The fraction of sp³-hybridized carbons (Fsp3) is 0.556. The summed E-state index contributed by atoms with van der Waals surface area (Å²) in [6, 6.07) is 3.77. The van der Waals surface area contributed by atoms with Gasteiger partial charge < -0.3 is 9.32 Å². The number of non-ortho nitro benzene ring substituents is 1. The Labute approximate surface area is 172 Å². The van der Waals surface area contributed by atoms with Crippen molar-refractivity contribution >= 4 is 32.7 Å². The van der Waals surface area contributed by atoms with Crippen LogP contribution in [0.4, 0.5) is 5.69 Å². The highest BCUT2D eigenvalue weighted by molar-refractivity contribution is 7.88. The van der Waals surface area contributed by atoms with Gasteiger partial charge in [-0.05, 0) is 31.7 Å². The number of oxazole rings is 1. The van der Waals surface area contributed by atoms with Crippen LogP contribution in [-0.2, 0) is 21.4 Å². The third kappa shape index (κ3) is 5.25. The summed E-state index contributed by atoms with van der Waals surface area (Å²) in [5.41, 5.74) is 0.396. The third-order valence-electron chi connectivity index (χ3n) is 5.16. The quantitative estimate of drug-likeness (QED) is 0.480. The summed E-state index contributed by atoms with van der Waals surface area (Å²) >= 11 is 0. The van der Waals surface area contributed by atoms with E-state index in [2.05, 4.69) is 4.72 Å². The summed E-state index contributed by atoms with van der Waals surface area (Å²) < 4.78 is 31.6. The predicted octanol–water partition coefficient (Wildman–Crippen LogP) is 1.21. The number of carbonyl (C=O) groups is 1. The van der Waals surface area contributed by atoms with Crippen LogP contribution in [0.5, 0.6) is 0 Å². The lowest BCUT2D eigenvalue weighted by atomic mass is 10.0. The Kier molecular flexibility index (Phi) is 6.56. The molecule has 1 aliphatic heterocycles. The minimum Gasteiger partial charge on any atom is -0.407 e. The Hall–Kier alpha value is -2.73. The number of hydrogen-bond acceptors (Lipinski definition) is 7. The van der Waals surface area contributed by atoms with E-state index < -0.39 is 20.7 Å². The number of nitro groups is 1. The molecule has 2 heterocycles. The summed E-state index contributed by atoms with van der Waals surface area (Å²) in [5, 5.41) is 10.9. The summed E-state index contributed by atoms with van der Waals surface area (Å²) in [6.45, 7) is 0.998. The Morgan fingerprint density at radius 3 is 2.83 bits per heavy atom. The summed E-state index contributed by atoms with van der Waals surface area (Å²) in [5.74, 6) is -0.724. The fourth-order valence-electron chi connectivity index (χ4n) is 3.70. The van der Waals surface area contributed by atoms with Crippen LogP contribution in [0.3, 0.4) is 0 Å². The lowest BCUT2D eigenvalue weighted by Gasteiger charge is -2.36. The molecular weight excluding hydrogens is 416 g/mol. The first-order valence-electron chi connectivity index (χ1n) is 9.67. The van der Waals surface area contributed by atoms with Crippen molar-refractivity contribution in [1.29, 1.82) is 0 Å². The molecule has 1 unspecified atom stereocenters. The zero-order valence-corrected chi connectivity index (χ0v) is 17.4. The second-order valence-corrected chi connectivity index (χ2v) is 9.22. The van der Waals surface area contributed by atoms with Crippen LogP contribution in [-0.4, -0.2) is 54.1 Å². The largest absolute Gasteiger partial charge is 0.419 e. The summed E-state index contributed by atoms with van der Waals surface area (Å²) in [6.07, 6.45) is 4.20. The minimum absolute atomic E-state index is 0.0912. The molecule has 1 aliphatic rings. The number of nitrogens with zero attached hydrogens (tertiary/aromatic N) is 3. The zero-order valence-electron chi connectivity index (χ0n) is 16.6. The number of nitrogens with one attached hydrogen (secondary N) is 1. The molecule has 0 spiro atoms. The predicted molar refractivity (Wildman–Crippen MR) is 109 cm³/mol. The first-order chi connectivity index (χ1) is 14.2. The molecule has 0 radical (unpaired) electrons. The molecule has 1 amide bonds. The van der Waals surface area contributed by atoms with Gasteiger partial charge in [-0.3, -0.25) is 19.5 Å². The molecule has 164 valence electrons. The third-order valence-corrected chi connectivity index (χ3v) is 5.85. The highest BCUT2D eigenvalue weighted by atomic mass is 32.2. The number of rotatable bonds is 8. The number of aryl methyl sites for hydroxylation is 1. The maximum Gasteiger partial charge on any atom is 0.419 e. The first kappa shape index (κ1) is 22.0. The Bertz CT molecular complexity index is 1110. The highest BCUT2D eigenvalue weighted by Crippen LogP contribution is 2.21. The SMILES string of the molecule is CS(=O)(=O)NCC1CCCCN1C(=O)CCCn1c(=O)oc2cc([N+](=O)[O-])ccc21. The van der Waals surface area contributed by atoms with Gasteiger partial charge >= 0.3 is 5.76 Å². The molecule has 1 atom stereocenters. The average molecular weight is 440 g/mol. The zero-order chi connectivity index (χ0) is 21.9. The number of nitro benzene ring substituents is 1. The number of benzene rings is 1. The van der Waals surface area contributed by atoms with E-state index in [1.807, 2.05) is 0 Å². The van der Waals surface area contributed by atoms with Crippen molar-refractivity contribution < 1.29 is 22.6 Å². The second-order valence-electron chi connectivity index (χ2n) is 7.39. The summed E-state index contributed by atoms with van der Waals surface area (Å²) in [4.78, 5) is 36.8. The number of likely N-dealkylation sites (tertiary alicyclic amines) is 1. The number of aromatic nitrogens is 1. The van der Waals surface area contributed by atoms with Gasteiger partial charge in [0.25, 0.3) is 5.69 Å². The number of amides is 1. The van der Waals surface area contributed by atoms with Crippen LogP contribution in [0.2, 0.25) is 0 Å². The van der Waals surface area contributed by atoms with Crippen LogP contribution in [0.1, 0.15) is 32.1 Å². The Balaban J connectivity index is 1.62. The molecule has 11 nitrogen and oxygen atoms in total. The van der Waals surface area contributed by atoms with Crippen LogP contribution < -0.4 is 10.5 Å². The topological polar surface area (TPSA) is 145 Å². The molecule has 1 aromatic carbocycles. The standard InChI is InChI=1S/C18H24N4O7S/c1-30(27,28)19-12-14-5-2-3-9-20(14)17(23)6-4-10-21-15-8-7-13(22(25)26)11-16(15)29-18(21)24/h7-8,11,14,19H,2-6,9-10,12H2,1H3. The van der Waals surface area contributed by atoms with Crippen LogP contribution in [0, 0.1) is 10.1 Å². The number of piperidine rings is 1. The molecule has 12 heteroatoms. The van der Waals surface area contributed by atoms with Gasteiger partial charge in [0.2, 0.25) is 15.9 Å². The lowest BCUT2D eigenvalue weighted by Crippen LogP contribution is -2.49. The number of hydrogen-bond donors (Lipinski definition) is 1. The molecular formula is C18H24N4O7S. The van der Waals surface area contributed by atoms with E-state index in [1.54, 1.807) is 4.90 Å². The van der Waals surface area contributed by atoms with Gasteiger partial charge in [-0.25, -0.2) is 17.9 Å². The summed E-state index contributed by atoms with van der Waals surface area (Å²) in [7, 11) is -3.33. The fourth-order valence-corrected chi connectivity index (χ4v) is 4.20. The van der Waals surface area contributed by atoms with Crippen molar-refractivity contribution in [2.75, 3.05) is 19.3 Å². The van der Waals surface area contributed by atoms with Crippen molar-refractivity contribution in [2.45, 2.75) is 44.7 Å². The van der Waals surface area contributed by atoms with Gasteiger partial charge in [0.15, 0.2) is 5.58 Å². The monoisotopic (exact) mass is 440 g/mol. The second kappa shape index (κ2) is 8.96. The minimum atomic E-state index is -3.33. The number of fused-ring (bicyclic) bond motifs is 1. The van der Waals surface area contributed by atoms with Crippen molar-refractivity contribution in [1.82, 2.24) is 14.2 Å². The van der Waals surface area contributed by atoms with Crippen LogP contribution in [0.15, 0.2) is 27.4 Å². The molecule has 0 bridgehead atoms. The van der Waals surface area contributed by atoms with Crippen molar-refractivity contribution in [3.63, 3.8) is 0 Å². The highest BCUT2D eigenvalue weighted by Gasteiger charge is 2.27. The molecule has 2 aromatic rings. The molecule has 1 N–H and O–H groups in total. The number of sulfonamides is 1. The Morgan fingerprint density at radius 2 is 2.13 bits per heavy atom. The van der Waals surface area contributed by atoms with Crippen molar-refractivity contribution in [2.24, 2.45) is 0 Å². The van der Waals surface area contributed by atoms with E-state index in [-0.39, 0.29) is 42.7 Å². The normalized spacial score (nSPS) is 17.4. The first-order valence-corrected chi connectivity index (χ1v) is 11.6. The van der Waals surface area contributed by atoms with Gasteiger partial charge in [-0.2, -0.15) is 0 Å². The van der Waals surface area contributed by atoms with Gasteiger partial charge in [0, 0.05) is 38.2 Å². The van der Waals surface area contributed by atoms with Gasteiger partial charge in [-0.15, -0.1) is 0 Å². The number of carbonyl (C=O) groups excluding carboxylic acids is 1. The molecule has 1 fully saturated rings. The van der Waals surface area contributed by atoms with E-state index in [0.717, 1.165) is 25.5 Å². The average Bonchev–Trinajstić information content (AvgIpc) is 3.00. The van der Waals surface area contributed by atoms with Gasteiger partial charge in [-0.1, -0.05) is 0 Å².